The maximum absolute atomic E-state index is 5.90. The highest BCUT2D eigenvalue weighted by atomic mass is 16.5. The van der Waals surface area contributed by atoms with Gasteiger partial charge in [0.05, 0.1) is 19.3 Å². The van der Waals surface area contributed by atoms with Crippen LogP contribution >= 0.6 is 0 Å². The minimum atomic E-state index is 0.241. The van der Waals surface area contributed by atoms with Crippen molar-refractivity contribution in [2.24, 2.45) is 5.92 Å². The van der Waals surface area contributed by atoms with Crippen LogP contribution in [0.4, 0.5) is 0 Å². The molecule has 18 heavy (non-hydrogen) atoms. The normalized spacial score (nSPS) is 36.7. The molecular formula is C16H23NO. The summed E-state index contributed by atoms with van der Waals surface area (Å²) in [7, 11) is 0. The fraction of sp³-hybridized carbons (Fsp3) is 0.625. The van der Waals surface area contributed by atoms with Gasteiger partial charge in [-0.2, -0.15) is 0 Å². The Morgan fingerprint density at radius 1 is 1.17 bits per heavy atom. The van der Waals surface area contributed by atoms with E-state index < -0.39 is 0 Å². The van der Waals surface area contributed by atoms with Crippen molar-refractivity contribution in [1.29, 1.82) is 0 Å². The first kappa shape index (κ1) is 12.2. The van der Waals surface area contributed by atoms with Gasteiger partial charge < -0.3 is 10.1 Å². The molecule has 1 aromatic rings. The first-order valence-electron chi connectivity index (χ1n) is 7.18. The Labute approximate surface area is 110 Å². The average molecular weight is 245 g/mol. The summed E-state index contributed by atoms with van der Waals surface area (Å²) in [6.45, 7) is 4.07. The highest BCUT2D eigenvalue weighted by Crippen LogP contribution is 2.36. The SMILES string of the molecule is CC1CCC2(CC1)COC[C@H](c1ccccc1)N2. The molecule has 1 saturated heterocycles. The summed E-state index contributed by atoms with van der Waals surface area (Å²) >= 11 is 0. The van der Waals surface area contributed by atoms with Gasteiger partial charge in [-0.25, -0.2) is 0 Å². The zero-order valence-electron chi connectivity index (χ0n) is 11.2. The molecule has 0 aromatic heterocycles. The molecule has 1 aromatic carbocycles. The predicted octanol–water partition coefficient (Wildman–Crippen LogP) is 3.30. The Hall–Kier alpha value is -0.860. The maximum Gasteiger partial charge on any atom is 0.0662 e. The molecule has 2 heteroatoms. The van der Waals surface area contributed by atoms with Crippen molar-refractivity contribution in [3.05, 3.63) is 35.9 Å². The van der Waals surface area contributed by atoms with Gasteiger partial charge in [-0.3, -0.25) is 0 Å². The lowest BCUT2D eigenvalue weighted by atomic mass is 9.76. The molecule has 1 spiro atoms. The van der Waals surface area contributed by atoms with Crippen LogP contribution in [0.2, 0.25) is 0 Å². The molecule has 0 radical (unpaired) electrons. The van der Waals surface area contributed by atoms with Gasteiger partial charge in [0.2, 0.25) is 0 Å². The van der Waals surface area contributed by atoms with Crippen molar-refractivity contribution in [2.75, 3.05) is 13.2 Å². The van der Waals surface area contributed by atoms with Gasteiger partial charge in [0.25, 0.3) is 0 Å². The second-order valence-electron chi connectivity index (χ2n) is 6.09. The van der Waals surface area contributed by atoms with Crippen LogP contribution in [0.5, 0.6) is 0 Å². The van der Waals surface area contributed by atoms with Crippen LogP contribution in [0.1, 0.15) is 44.2 Å². The summed E-state index contributed by atoms with van der Waals surface area (Å²) in [5.74, 6) is 0.884. The highest BCUT2D eigenvalue weighted by Gasteiger charge is 2.39. The second kappa shape index (κ2) is 5.02. The van der Waals surface area contributed by atoms with Gasteiger partial charge >= 0.3 is 0 Å². The minimum absolute atomic E-state index is 0.241. The molecule has 0 amide bonds. The number of nitrogens with one attached hydrogen (secondary N) is 1. The molecule has 1 saturated carbocycles. The van der Waals surface area contributed by atoms with E-state index in [9.17, 15) is 0 Å². The molecule has 1 aliphatic heterocycles. The van der Waals surface area contributed by atoms with Crippen LogP contribution in [-0.4, -0.2) is 18.8 Å². The van der Waals surface area contributed by atoms with Crippen molar-refractivity contribution < 1.29 is 4.74 Å². The number of hydrogen-bond acceptors (Lipinski definition) is 2. The fourth-order valence-corrected chi connectivity index (χ4v) is 3.29. The molecule has 1 aliphatic carbocycles. The smallest absolute Gasteiger partial charge is 0.0662 e. The largest absolute Gasteiger partial charge is 0.378 e. The van der Waals surface area contributed by atoms with E-state index in [2.05, 4.69) is 42.6 Å². The van der Waals surface area contributed by atoms with Crippen LogP contribution in [-0.2, 0) is 4.74 Å². The number of hydrogen-bond donors (Lipinski definition) is 1. The number of morpholine rings is 1. The zero-order valence-corrected chi connectivity index (χ0v) is 11.2. The van der Waals surface area contributed by atoms with Crippen molar-refractivity contribution >= 4 is 0 Å². The molecule has 0 unspecified atom stereocenters. The second-order valence-corrected chi connectivity index (χ2v) is 6.09. The highest BCUT2D eigenvalue weighted by molar-refractivity contribution is 5.20. The Balaban J connectivity index is 1.72. The lowest BCUT2D eigenvalue weighted by molar-refractivity contribution is -0.0233. The first-order chi connectivity index (χ1) is 8.77. The van der Waals surface area contributed by atoms with Gasteiger partial charge in [0, 0.05) is 5.54 Å². The quantitative estimate of drug-likeness (QED) is 0.819. The molecular weight excluding hydrogens is 222 g/mol. The molecule has 1 N–H and O–H groups in total. The monoisotopic (exact) mass is 245 g/mol. The van der Waals surface area contributed by atoms with Crippen molar-refractivity contribution in [1.82, 2.24) is 5.32 Å². The Kier molecular flexibility index (Phi) is 3.40. The van der Waals surface area contributed by atoms with Gasteiger partial charge in [-0.05, 0) is 37.2 Å². The summed E-state index contributed by atoms with van der Waals surface area (Å²) in [6, 6.07) is 11.1. The van der Waals surface area contributed by atoms with E-state index in [0.29, 0.717) is 6.04 Å². The molecule has 1 heterocycles. The summed E-state index contributed by atoms with van der Waals surface area (Å²) in [5, 5.41) is 3.88. The minimum Gasteiger partial charge on any atom is -0.378 e. The average Bonchev–Trinajstić information content (AvgIpc) is 2.44. The van der Waals surface area contributed by atoms with E-state index in [-0.39, 0.29) is 5.54 Å². The molecule has 1 atom stereocenters. The lowest BCUT2D eigenvalue weighted by Crippen LogP contribution is -2.57. The van der Waals surface area contributed by atoms with E-state index in [1.807, 2.05) is 0 Å². The maximum atomic E-state index is 5.90. The standard InChI is InChI=1S/C16H23NO/c1-13-7-9-16(10-8-13)12-18-11-15(17-16)14-5-3-2-4-6-14/h2-6,13,15,17H,7-12H2,1H3/t13?,15-,16?/m1/s1. The van der Waals surface area contributed by atoms with Crippen LogP contribution in [0.25, 0.3) is 0 Å². The molecule has 2 aliphatic rings. The van der Waals surface area contributed by atoms with Crippen LogP contribution in [0.15, 0.2) is 30.3 Å². The Morgan fingerprint density at radius 2 is 1.89 bits per heavy atom. The molecule has 2 nitrogen and oxygen atoms in total. The number of ether oxygens (including phenoxy) is 1. The van der Waals surface area contributed by atoms with E-state index >= 15 is 0 Å². The van der Waals surface area contributed by atoms with E-state index in [1.54, 1.807) is 0 Å². The van der Waals surface area contributed by atoms with E-state index in [4.69, 9.17) is 4.74 Å². The molecule has 2 fully saturated rings. The predicted molar refractivity (Wildman–Crippen MR) is 73.5 cm³/mol. The van der Waals surface area contributed by atoms with Crippen LogP contribution in [0.3, 0.4) is 0 Å². The van der Waals surface area contributed by atoms with Crippen molar-refractivity contribution in [3.8, 4) is 0 Å². The van der Waals surface area contributed by atoms with E-state index in [0.717, 1.165) is 19.1 Å². The van der Waals surface area contributed by atoms with E-state index in [1.165, 1.54) is 31.2 Å². The summed E-state index contributed by atoms with van der Waals surface area (Å²) < 4.78 is 5.90. The molecule has 98 valence electrons. The summed E-state index contributed by atoms with van der Waals surface area (Å²) in [4.78, 5) is 0. The van der Waals surface area contributed by atoms with Crippen molar-refractivity contribution in [2.45, 2.75) is 44.2 Å². The summed E-state index contributed by atoms with van der Waals surface area (Å²) in [5.41, 5.74) is 1.60. The zero-order chi connectivity index (χ0) is 12.4. The molecule has 3 rings (SSSR count). The number of rotatable bonds is 1. The fourth-order valence-electron chi connectivity index (χ4n) is 3.29. The Morgan fingerprint density at radius 3 is 2.61 bits per heavy atom. The van der Waals surface area contributed by atoms with Crippen LogP contribution in [0, 0.1) is 5.92 Å². The topological polar surface area (TPSA) is 21.3 Å². The third-order valence-corrected chi connectivity index (χ3v) is 4.58. The van der Waals surface area contributed by atoms with Gasteiger partial charge in [-0.15, -0.1) is 0 Å². The van der Waals surface area contributed by atoms with Gasteiger partial charge in [-0.1, -0.05) is 37.3 Å². The third kappa shape index (κ3) is 2.45. The number of benzene rings is 1. The third-order valence-electron chi connectivity index (χ3n) is 4.58. The summed E-state index contributed by atoms with van der Waals surface area (Å²) in [6.07, 6.45) is 5.19. The first-order valence-corrected chi connectivity index (χ1v) is 7.18. The van der Waals surface area contributed by atoms with Gasteiger partial charge in [0.15, 0.2) is 0 Å². The van der Waals surface area contributed by atoms with Gasteiger partial charge in [0.1, 0.15) is 0 Å². The lowest BCUT2D eigenvalue weighted by Gasteiger charge is -2.46. The van der Waals surface area contributed by atoms with Crippen molar-refractivity contribution in [3.63, 3.8) is 0 Å². The Bertz CT molecular complexity index is 381. The molecule has 0 bridgehead atoms. The van der Waals surface area contributed by atoms with Crippen LogP contribution < -0.4 is 5.32 Å².